The zero-order valence-corrected chi connectivity index (χ0v) is 14.5. The van der Waals surface area contributed by atoms with Crippen LogP contribution in [0.5, 0.6) is 23.0 Å². The molecule has 10 heteroatoms. The molecule has 1 aromatic heterocycles. The predicted octanol–water partition coefficient (Wildman–Crippen LogP) is 2.06. The predicted molar refractivity (Wildman–Crippen MR) is 99.4 cm³/mol. The molecule has 3 heterocycles. The molecule has 2 aliphatic heterocycles. The van der Waals surface area contributed by atoms with E-state index in [0.29, 0.717) is 17.4 Å². The number of hydrogen-bond donors (Lipinski definition) is 1. The summed E-state index contributed by atoms with van der Waals surface area (Å²) in [5.74, 6) is 3.21. The summed E-state index contributed by atoms with van der Waals surface area (Å²) in [5.41, 5.74) is 4.52. The Bertz CT molecular complexity index is 1080. The highest BCUT2D eigenvalue weighted by atomic mass is 16.7. The highest BCUT2D eigenvalue weighted by Crippen LogP contribution is 2.32. The summed E-state index contributed by atoms with van der Waals surface area (Å²) < 4.78 is 22.8. The lowest BCUT2D eigenvalue weighted by molar-refractivity contribution is 0.173. The minimum Gasteiger partial charge on any atom is -0.454 e. The van der Waals surface area contributed by atoms with Gasteiger partial charge in [0.25, 0.3) is 5.95 Å². The van der Waals surface area contributed by atoms with Gasteiger partial charge in [0.15, 0.2) is 23.0 Å². The van der Waals surface area contributed by atoms with Crippen molar-refractivity contribution in [2.24, 2.45) is 10.2 Å². The van der Waals surface area contributed by atoms with E-state index >= 15 is 0 Å². The molecule has 1 N–H and O–H groups in total. The highest BCUT2D eigenvalue weighted by Gasteiger charge is 2.13. The SMILES string of the molecule is C(=N/n1cnnc1N/N=C/c1ccc2c(c1)OCO2)/c1ccc2c(c1)OCO2. The largest absolute Gasteiger partial charge is 0.454 e. The maximum atomic E-state index is 5.36. The first-order valence-electron chi connectivity index (χ1n) is 8.38. The van der Waals surface area contributed by atoms with Gasteiger partial charge in [0, 0.05) is 0 Å². The number of hydrazone groups is 1. The lowest BCUT2D eigenvalue weighted by atomic mass is 10.2. The van der Waals surface area contributed by atoms with Gasteiger partial charge in [0.2, 0.25) is 13.6 Å². The Kier molecular flexibility index (Phi) is 3.98. The maximum absolute atomic E-state index is 5.36. The molecule has 0 bridgehead atoms. The lowest BCUT2D eigenvalue weighted by Gasteiger charge is -2.00. The summed E-state index contributed by atoms with van der Waals surface area (Å²) in [6.07, 6.45) is 4.78. The van der Waals surface area contributed by atoms with Crippen LogP contribution in [0.4, 0.5) is 5.95 Å². The van der Waals surface area contributed by atoms with E-state index in [1.807, 2.05) is 36.4 Å². The van der Waals surface area contributed by atoms with Crippen LogP contribution < -0.4 is 24.4 Å². The van der Waals surface area contributed by atoms with Gasteiger partial charge >= 0.3 is 0 Å². The van der Waals surface area contributed by atoms with Crippen LogP contribution in [0, 0.1) is 0 Å². The Labute approximate surface area is 159 Å². The number of ether oxygens (including phenoxy) is 4. The van der Waals surface area contributed by atoms with E-state index in [0.717, 1.165) is 22.6 Å². The second-order valence-corrected chi connectivity index (χ2v) is 5.84. The van der Waals surface area contributed by atoms with Gasteiger partial charge in [0.1, 0.15) is 6.33 Å². The Morgan fingerprint density at radius 1 is 0.857 bits per heavy atom. The summed E-state index contributed by atoms with van der Waals surface area (Å²) in [6, 6.07) is 11.1. The molecular formula is C18H14N6O4. The third-order valence-electron chi connectivity index (χ3n) is 4.03. The topological polar surface area (TPSA) is 104 Å². The van der Waals surface area contributed by atoms with Gasteiger partial charge in [0.05, 0.1) is 12.4 Å². The summed E-state index contributed by atoms with van der Waals surface area (Å²) in [7, 11) is 0. The zero-order chi connectivity index (χ0) is 18.8. The second kappa shape index (κ2) is 6.91. The van der Waals surface area contributed by atoms with Crippen LogP contribution in [-0.2, 0) is 0 Å². The smallest absolute Gasteiger partial charge is 0.265 e. The Hall–Kier alpha value is -4.08. The van der Waals surface area contributed by atoms with E-state index in [1.54, 1.807) is 12.4 Å². The maximum Gasteiger partial charge on any atom is 0.265 e. The van der Waals surface area contributed by atoms with Crippen LogP contribution in [0.2, 0.25) is 0 Å². The number of nitrogens with one attached hydrogen (secondary N) is 1. The van der Waals surface area contributed by atoms with Crippen molar-refractivity contribution >= 4 is 18.4 Å². The first-order valence-corrected chi connectivity index (χ1v) is 8.38. The molecule has 140 valence electrons. The molecule has 2 aromatic carbocycles. The zero-order valence-electron chi connectivity index (χ0n) is 14.5. The van der Waals surface area contributed by atoms with Gasteiger partial charge in [-0.05, 0) is 47.5 Å². The third kappa shape index (κ3) is 3.18. The van der Waals surface area contributed by atoms with Gasteiger partial charge in [-0.25, -0.2) is 5.43 Å². The molecular weight excluding hydrogens is 364 g/mol. The second-order valence-electron chi connectivity index (χ2n) is 5.84. The van der Waals surface area contributed by atoms with Gasteiger partial charge in [-0.15, -0.1) is 10.2 Å². The highest BCUT2D eigenvalue weighted by molar-refractivity contribution is 5.82. The van der Waals surface area contributed by atoms with Gasteiger partial charge in [-0.3, -0.25) is 0 Å². The van der Waals surface area contributed by atoms with Crippen LogP contribution in [0.25, 0.3) is 0 Å². The normalized spacial score (nSPS) is 14.3. The van der Waals surface area contributed by atoms with E-state index in [-0.39, 0.29) is 13.6 Å². The van der Waals surface area contributed by atoms with Crippen molar-refractivity contribution in [3.63, 3.8) is 0 Å². The number of anilines is 1. The van der Waals surface area contributed by atoms with Crippen molar-refractivity contribution in [1.29, 1.82) is 0 Å². The Morgan fingerprint density at radius 2 is 1.50 bits per heavy atom. The number of hydrogen-bond acceptors (Lipinski definition) is 9. The molecule has 0 fully saturated rings. The number of aromatic nitrogens is 3. The average molecular weight is 378 g/mol. The summed E-state index contributed by atoms with van der Waals surface area (Å²) >= 11 is 0. The van der Waals surface area contributed by atoms with Crippen molar-refractivity contribution in [1.82, 2.24) is 14.9 Å². The fraction of sp³-hybridized carbons (Fsp3) is 0.111. The van der Waals surface area contributed by atoms with Crippen LogP contribution in [-0.4, -0.2) is 40.9 Å². The van der Waals surface area contributed by atoms with E-state index in [2.05, 4.69) is 25.8 Å². The average Bonchev–Trinajstić information content (AvgIpc) is 3.46. The molecule has 28 heavy (non-hydrogen) atoms. The molecule has 10 nitrogen and oxygen atoms in total. The van der Waals surface area contributed by atoms with E-state index < -0.39 is 0 Å². The molecule has 0 saturated heterocycles. The third-order valence-corrected chi connectivity index (χ3v) is 4.03. The van der Waals surface area contributed by atoms with Gasteiger partial charge in [-0.1, -0.05) is 0 Å². The van der Waals surface area contributed by atoms with E-state index in [9.17, 15) is 0 Å². The molecule has 0 aliphatic carbocycles. The quantitative estimate of drug-likeness (QED) is 0.535. The summed E-state index contributed by atoms with van der Waals surface area (Å²) in [6.45, 7) is 0.468. The molecule has 0 atom stereocenters. The first-order chi connectivity index (χ1) is 13.8. The fourth-order valence-corrected chi connectivity index (χ4v) is 2.67. The van der Waals surface area contributed by atoms with Crippen LogP contribution in [0.1, 0.15) is 11.1 Å². The Balaban J connectivity index is 1.27. The van der Waals surface area contributed by atoms with E-state index in [4.69, 9.17) is 18.9 Å². The number of nitrogens with zero attached hydrogens (tertiary/aromatic N) is 5. The van der Waals surface area contributed by atoms with Crippen molar-refractivity contribution in [3.8, 4) is 23.0 Å². The number of fused-ring (bicyclic) bond motifs is 2. The molecule has 5 rings (SSSR count). The Morgan fingerprint density at radius 3 is 2.21 bits per heavy atom. The van der Waals surface area contributed by atoms with Crippen LogP contribution in [0.3, 0.4) is 0 Å². The molecule has 0 saturated carbocycles. The summed E-state index contributed by atoms with van der Waals surface area (Å²) in [4.78, 5) is 0. The molecule has 0 radical (unpaired) electrons. The molecule has 3 aromatic rings. The fourth-order valence-electron chi connectivity index (χ4n) is 2.67. The number of benzene rings is 2. The number of rotatable bonds is 5. The first kappa shape index (κ1) is 16.1. The van der Waals surface area contributed by atoms with Crippen molar-refractivity contribution in [3.05, 3.63) is 53.9 Å². The molecule has 0 unspecified atom stereocenters. The van der Waals surface area contributed by atoms with Gasteiger partial charge in [-0.2, -0.15) is 14.9 Å². The van der Waals surface area contributed by atoms with Crippen LogP contribution >= 0.6 is 0 Å². The van der Waals surface area contributed by atoms with Gasteiger partial charge < -0.3 is 18.9 Å². The minimum atomic E-state index is 0.233. The van der Waals surface area contributed by atoms with Crippen molar-refractivity contribution < 1.29 is 18.9 Å². The monoisotopic (exact) mass is 378 g/mol. The van der Waals surface area contributed by atoms with Crippen molar-refractivity contribution in [2.45, 2.75) is 0 Å². The molecule has 0 amide bonds. The lowest BCUT2D eigenvalue weighted by Crippen LogP contribution is -1.99. The standard InChI is InChI=1S/C18H14N6O4/c1-3-14-16(27-10-25-14)5-12(1)7-19-22-18-23-20-9-24(18)21-8-13-2-4-15-17(6-13)28-11-26-15/h1-9H,10-11H2,(H,22,23)/b19-7+,21-8-. The van der Waals surface area contributed by atoms with E-state index in [1.165, 1.54) is 11.0 Å². The molecule has 2 aliphatic rings. The minimum absolute atomic E-state index is 0.233. The van der Waals surface area contributed by atoms with Crippen LogP contribution in [0.15, 0.2) is 52.9 Å². The van der Waals surface area contributed by atoms with Crippen molar-refractivity contribution in [2.75, 3.05) is 19.0 Å². The molecule has 0 spiro atoms. The summed E-state index contributed by atoms with van der Waals surface area (Å²) in [5, 5.41) is 16.3.